The molecule has 0 spiro atoms. The number of nitrogens with zero attached hydrogens (tertiary/aromatic N) is 1. The Kier molecular flexibility index (Phi) is 3.61. The van der Waals surface area contributed by atoms with E-state index in [-0.39, 0.29) is 12.3 Å². The van der Waals surface area contributed by atoms with Crippen LogP contribution in [0, 0.1) is 27.9 Å². The highest BCUT2D eigenvalue weighted by atomic mass is 16.6. The molecule has 3 rings (SSSR count). The van der Waals surface area contributed by atoms with Gasteiger partial charge in [-0.2, -0.15) is 0 Å². The molecule has 108 valence electrons. The Labute approximate surface area is 117 Å². The third kappa shape index (κ3) is 2.50. The first-order valence-corrected chi connectivity index (χ1v) is 7.18. The lowest BCUT2D eigenvalue weighted by Crippen LogP contribution is -2.19. The van der Waals surface area contributed by atoms with Crippen LogP contribution < -0.4 is 4.74 Å². The number of non-ortho nitro benzene ring substituents is 1. The van der Waals surface area contributed by atoms with Gasteiger partial charge in [-0.1, -0.05) is 6.42 Å². The molecule has 3 atom stereocenters. The number of aliphatic hydroxyl groups is 1. The van der Waals surface area contributed by atoms with Crippen molar-refractivity contribution in [3.8, 4) is 5.75 Å². The highest BCUT2D eigenvalue weighted by Gasteiger charge is 2.39. The van der Waals surface area contributed by atoms with Crippen LogP contribution in [0.5, 0.6) is 5.75 Å². The second-order valence-corrected chi connectivity index (χ2v) is 5.95. The summed E-state index contributed by atoms with van der Waals surface area (Å²) in [4.78, 5) is 10.3. The van der Waals surface area contributed by atoms with Crippen molar-refractivity contribution in [2.75, 3.05) is 6.61 Å². The van der Waals surface area contributed by atoms with Crippen molar-refractivity contribution >= 4 is 5.69 Å². The molecule has 1 aromatic carbocycles. The summed E-state index contributed by atoms with van der Waals surface area (Å²) in [6, 6.07) is 4.41. The van der Waals surface area contributed by atoms with Crippen LogP contribution in [0.15, 0.2) is 18.2 Å². The number of aliphatic hydroxyl groups excluding tert-OH is 1. The highest BCUT2D eigenvalue weighted by molar-refractivity contribution is 5.43. The first kappa shape index (κ1) is 13.4. The second kappa shape index (κ2) is 5.40. The quantitative estimate of drug-likeness (QED) is 0.663. The van der Waals surface area contributed by atoms with E-state index < -0.39 is 4.92 Å². The third-order valence-corrected chi connectivity index (χ3v) is 4.76. The Morgan fingerprint density at radius 3 is 2.80 bits per heavy atom. The number of fused-ring (bicyclic) bond motifs is 2. The number of benzene rings is 1. The summed E-state index contributed by atoms with van der Waals surface area (Å²) in [6.07, 6.45) is 5.25. The van der Waals surface area contributed by atoms with Gasteiger partial charge in [-0.25, -0.2) is 0 Å². The normalized spacial score (nSPS) is 27.8. The third-order valence-electron chi connectivity index (χ3n) is 4.76. The van der Waals surface area contributed by atoms with Crippen molar-refractivity contribution in [3.63, 3.8) is 0 Å². The summed E-state index contributed by atoms with van der Waals surface area (Å²) < 4.78 is 5.82. The maximum Gasteiger partial charge on any atom is 0.270 e. The van der Waals surface area contributed by atoms with E-state index in [1.807, 2.05) is 0 Å². The lowest BCUT2D eigenvalue weighted by Gasteiger charge is -2.22. The standard InChI is InChI=1S/C15H19NO4/c17-8-12-7-14(16(18)19)3-4-15(12)20-9-13-6-10-1-2-11(13)5-10/h3-4,7,10-11,13,17H,1-2,5-6,8-9H2. The number of rotatable bonds is 5. The molecule has 0 amide bonds. The van der Waals surface area contributed by atoms with Crippen molar-refractivity contribution in [1.82, 2.24) is 0 Å². The molecule has 20 heavy (non-hydrogen) atoms. The Morgan fingerprint density at radius 2 is 2.20 bits per heavy atom. The molecule has 1 N–H and O–H groups in total. The zero-order chi connectivity index (χ0) is 14.1. The van der Waals surface area contributed by atoms with Crippen LogP contribution in [0.2, 0.25) is 0 Å². The van der Waals surface area contributed by atoms with Crippen LogP contribution in [-0.4, -0.2) is 16.6 Å². The van der Waals surface area contributed by atoms with Crippen LogP contribution in [-0.2, 0) is 6.61 Å². The molecule has 2 aliphatic rings. The predicted octanol–water partition coefficient (Wildman–Crippen LogP) is 2.90. The first-order valence-electron chi connectivity index (χ1n) is 7.18. The number of hydrogen-bond acceptors (Lipinski definition) is 4. The van der Waals surface area contributed by atoms with E-state index in [0.29, 0.717) is 23.8 Å². The van der Waals surface area contributed by atoms with Crippen LogP contribution in [0.25, 0.3) is 0 Å². The van der Waals surface area contributed by atoms with Gasteiger partial charge in [-0.15, -0.1) is 0 Å². The first-order chi connectivity index (χ1) is 9.67. The SMILES string of the molecule is O=[N+]([O-])c1ccc(OCC2CC3CCC2C3)c(CO)c1. The van der Waals surface area contributed by atoms with Crippen LogP contribution in [0.3, 0.4) is 0 Å². The highest BCUT2D eigenvalue weighted by Crippen LogP contribution is 2.48. The maximum atomic E-state index is 10.7. The topological polar surface area (TPSA) is 72.6 Å². The molecule has 2 aliphatic carbocycles. The summed E-state index contributed by atoms with van der Waals surface area (Å²) >= 11 is 0. The minimum Gasteiger partial charge on any atom is -0.493 e. The molecule has 5 heteroatoms. The van der Waals surface area contributed by atoms with E-state index in [4.69, 9.17) is 4.74 Å². The molecular weight excluding hydrogens is 258 g/mol. The van der Waals surface area contributed by atoms with Crippen LogP contribution >= 0.6 is 0 Å². The molecular formula is C15H19NO4. The van der Waals surface area contributed by atoms with Gasteiger partial charge in [0.2, 0.25) is 0 Å². The largest absolute Gasteiger partial charge is 0.493 e. The Balaban J connectivity index is 1.66. The van der Waals surface area contributed by atoms with Crippen molar-refractivity contribution in [1.29, 1.82) is 0 Å². The summed E-state index contributed by atoms with van der Waals surface area (Å²) in [6.45, 7) is 0.416. The van der Waals surface area contributed by atoms with Gasteiger partial charge in [-0.3, -0.25) is 10.1 Å². The second-order valence-electron chi connectivity index (χ2n) is 5.95. The molecule has 5 nitrogen and oxygen atoms in total. The Hall–Kier alpha value is -1.62. The summed E-state index contributed by atoms with van der Waals surface area (Å²) in [5, 5.41) is 20.0. The van der Waals surface area contributed by atoms with Gasteiger partial charge < -0.3 is 9.84 Å². The average Bonchev–Trinajstić information content (AvgIpc) is 3.07. The van der Waals surface area contributed by atoms with Crippen molar-refractivity contribution in [2.24, 2.45) is 17.8 Å². The number of ether oxygens (including phenoxy) is 1. The number of nitro groups is 1. The number of hydrogen-bond donors (Lipinski definition) is 1. The molecule has 3 unspecified atom stereocenters. The smallest absolute Gasteiger partial charge is 0.270 e. The van der Waals surface area contributed by atoms with Gasteiger partial charge in [0.15, 0.2) is 0 Å². The monoisotopic (exact) mass is 277 g/mol. The minimum atomic E-state index is -0.459. The Bertz CT molecular complexity index is 517. The maximum absolute atomic E-state index is 10.7. The van der Waals surface area contributed by atoms with Gasteiger partial charge in [-0.05, 0) is 43.1 Å². The van der Waals surface area contributed by atoms with Crippen LogP contribution in [0.1, 0.15) is 31.2 Å². The fourth-order valence-corrected chi connectivity index (χ4v) is 3.72. The molecule has 0 aromatic heterocycles. The lowest BCUT2D eigenvalue weighted by atomic mass is 9.89. The van der Waals surface area contributed by atoms with E-state index >= 15 is 0 Å². The van der Waals surface area contributed by atoms with Crippen molar-refractivity contribution < 1.29 is 14.8 Å². The molecule has 2 fully saturated rings. The molecule has 2 bridgehead atoms. The summed E-state index contributed by atoms with van der Waals surface area (Å²) in [5.74, 6) is 2.84. The van der Waals surface area contributed by atoms with Crippen LogP contribution in [0.4, 0.5) is 5.69 Å². The molecule has 0 aliphatic heterocycles. The molecule has 0 saturated heterocycles. The molecule has 0 radical (unpaired) electrons. The van der Waals surface area contributed by atoms with Crippen molar-refractivity contribution in [3.05, 3.63) is 33.9 Å². The fourth-order valence-electron chi connectivity index (χ4n) is 3.72. The zero-order valence-corrected chi connectivity index (χ0v) is 11.3. The van der Waals surface area contributed by atoms with Crippen molar-refractivity contribution in [2.45, 2.75) is 32.3 Å². The van der Waals surface area contributed by atoms with Gasteiger partial charge in [0.25, 0.3) is 5.69 Å². The summed E-state index contributed by atoms with van der Waals surface area (Å²) in [5.41, 5.74) is 0.476. The van der Waals surface area contributed by atoms with E-state index in [2.05, 4.69) is 0 Å². The van der Waals surface area contributed by atoms with Gasteiger partial charge in [0.05, 0.1) is 18.1 Å². The fraction of sp³-hybridized carbons (Fsp3) is 0.600. The molecule has 2 saturated carbocycles. The Morgan fingerprint density at radius 1 is 1.35 bits per heavy atom. The predicted molar refractivity (Wildman–Crippen MR) is 73.5 cm³/mol. The van der Waals surface area contributed by atoms with Gasteiger partial charge >= 0.3 is 0 Å². The minimum absolute atomic E-state index is 0.0127. The lowest BCUT2D eigenvalue weighted by molar-refractivity contribution is -0.385. The average molecular weight is 277 g/mol. The van der Waals surface area contributed by atoms with E-state index in [1.165, 1.54) is 37.8 Å². The molecule has 0 heterocycles. The van der Waals surface area contributed by atoms with Gasteiger partial charge in [0, 0.05) is 17.7 Å². The van der Waals surface area contributed by atoms with E-state index in [0.717, 1.165) is 11.8 Å². The van der Waals surface area contributed by atoms with E-state index in [9.17, 15) is 15.2 Å². The van der Waals surface area contributed by atoms with E-state index in [1.54, 1.807) is 6.07 Å². The molecule has 1 aromatic rings. The summed E-state index contributed by atoms with van der Waals surface area (Å²) in [7, 11) is 0. The number of nitro benzene ring substituents is 1. The van der Waals surface area contributed by atoms with Gasteiger partial charge in [0.1, 0.15) is 5.75 Å². The zero-order valence-electron chi connectivity index (χ0n) is 11.3.